The molecule has 0 aromatic carbocycles. The maximum atomic E-state index is 11.7. The van der Waals surface area contributed by atoms with Crippen molar-refractivity contribution in [2.24, 2.45) is 0 Å². The summed E-state index contributed by atoms with van der Waals surface area (Å²) in [4.78, 5) is 23.4. The predicted octanol–water partition coefficient (Wildman–Crippen LogP) is 9.13. The minimum Gasteiger partial charge on any atom is -0.799 e. The molecule has 0 saturated carbocycles. The van der Waals surface area contributed by atoms with Gasteiger partial charge in [0.15, 0.2) is 0 Å². The van der Waals surface area contributed by atoms with Crippen LogP contribution in [-0.4, -0.2) is 24.6 Å². The van der Waals surface area contributed by atoms with E-state index in [9.17, 15) is 18.9 Å². The second kappa shape index (κ2) is 29.4. The molecule has 0 spiro atoms. The van der Waals surface area contributed by atoms with Crippen LogP contribution in [0.15, 0.2) is 0 Å². The molecule has 0 aromatic heterocycles. The van der Waals surface area contributed by atoms with Crippen LogP contribution < -0.4 is 9.79 Å². The Morgan fingerprint density at radius 2 is 0.543 bits per heavy atom. The van der Waals surface area contributed by atoms with Gasteiger partial charge in [0.05, 0.1) is 0 Å². The minimum atomic E-state index is -3.04. The second-order valence-corrected chi connectivity index (χ2v) is 15.2. The molecule has 35 heavy (non-hydrogen) atoms. The standard InChI is InChI=1S/2C14H31O2P.Co/c2*1-3-5-7-9-11-13-17(15,16)14-12-10-8-6-4-2;/h2*3-14H2,1-2H3,(H,15,16);/q;;+2/p-2. The Morgan fingerprint density at radius 1 is 0.371 bits per heavy atom. The summed E-state index contributed by atoms with van der Waals surface area (Å²) in [7, 11) is -6.08. The summed E-state index contributed by atoms with van der Waals surface area (Å²) in [6.07, 6.45) is 24.1. The third kappa shape index (κ3) is 34.9. The van der Waals surface area contributed by atoms with Crippen LogP contribution >= 0.6 is 14.7 Å². The van der Waals surface area contributed by atoms with E-state index in [1.54, 1.807) is 0 Å². The predicted molar refractivity (Wildman–Crippen MR) is 150 cm³/mol. The van der Waals surface area contributed by atoms with Crippen molar-refractivity contribution in [3.63, 3.8) is 0 Å². The first-order valence-electron chi connectivity index (χ1n) is 14.8. The zero-order valence-corrected chi connectivity index (χ0v) is 26.7. The van der Waals surface area contributed by atoms with Gasteiger partial charge in [-0.05, 0) is 50.3 Å². The fraction of sp³-hybridized carbons (Fsp3) is 1.00. The topological polar surface area (TPSA) is 80.3 Å². The van der Waals surface area contributed by atoms with Crippen molar-refractivity contribution >= 4 is 14.7 Å². The summed E-state index contributed by atoms with van der Waals surface area (Å²) in [5.41, 5.74) is 0. The Morgan fingerprint density at radius 3 is 0.714 bits per heavy atom. The van der Waals surface area contributed by atoms with Crippen molar-refractivity contribution in [1.82, 2.24) is 0 Å². The molecular weight excluding hydrogens is 521 g/mol. The number of hydrogen-bond donors (Lipinski definition) is 0. The van der Waals surface area contributed by atoms with Gasteiger partial charge in [-0.25, -0.2) is 0 Å². The van der Waals surface area contributed by atoms with E-state index in [1.807, 2.05) is 0 Å². The molecule has 0 atom stereocenters. The van der Waals surface area contributed by atoms with E-state index in [2.05, 4.69) is 27.7 Å². The quantitative estimate of drug-likeness (QED) is 0.0841. The van der Waals surface area contributed by atoms with Crippen molar-refractivity contribution in [2.75, 3.05) is 24.6 Å². The Kier molecular flexibility index (Phi) is 34.0. The molecule has 1 radical (unpaired) electrons. The molecule has 0 bridgehead atoms. The van der Waals surface area contributed by atoms with Gasteiger partial charge in [0, 0.05) is 14.7 Å². The van der Waals surface area contributed by atoms with Gasteiger partial charge in [0.1, 0.15) is 0 Å². The van der Waals surface area contributed by atoms with Crippen LogP contribution in [0.25, 0.3) is 0 Å². The Hall–Kier alpha value is 0.886. The Labute approximate surface area is 230 Å². The van der Waals surface area contributed by atoms with E-state index in [-0.39, 0.29) is 16.8 Å². The largest absolute Gasteiger partial charge is 2.00 e. The number of rotatable bonds is 24. The smallest absolute Gasteiger partial charge is 0.799 e. The van der Waals surface area contributed by atoms with Crippen LogP contribution in [0.3, 0.4) is 0 Å². The molecule has 0 amide bonds. The second-order valence-electron chi connectivity index (χ2n) is 10.2. The summed E-state index contributed by atoms with van der Waals surface area (Å²) in [6, 6.07) is 0. The summed E-state index contributed by atoms with van der Waals surface area (Å²) in [6.45, 7) is 8.70. The average molecular weight is 582 g/mol. The molecule has 0 N–H and O–H groups in total. The van der Waals surface area contributed by atoms with Gasteiger partial charge in [-0.3, -0.25) is 0 Å². The molecule has 0 aliphatic heterocycles. The molecular formula is C28H60CoO4P2. The van der Waals surface area contributed by atoms with Crippen LogP contribution in [0.5, 0.6) is 0 Å². The zero-order chi connectivity index (χ0) is 26.0. The SMILES string of the molecule is CCCCCCCP(=O)([O-])CCCCCCC.CCCCCCCP(=O)([O-])CCCCCCC.[Co+2]. The Bertz CT molecular complexity index is 423. The molecule has 0 fully saturated rings. The number of unbranched alkanes of at least 4 members (excludes halogenated alkanes) is 16. The fourth-order valence-corrected chi connectivity index (χ4v) is 7.32. The third-order valence-corrected chi connectivity index (χ3v) is 10.4. The summed E-state index contributed by atoms with van der Waals surface area (Å²) in [5, 5.41) is 0. The van der Waals surface area contributed by atoms with Gasteiger partial charge in [-0.1, -0.05) is 130 Å². The van der Waals surface area contributed by atoms with E-state index >= 15 is 0 Å². The monoisotopic (exact) mass is 581 g/mol. The van der Waals surface area contributed by atoms with Crippen molar-refractivity contribution in [1.29, 1.82) is 0 Å². The van der Waals surface area contributed by atoms with E-state index < -0.39 is 14.7 Å². The van der Waals surface area contributed by atoms with Gasteiger partial charge in [0.2, 0.25) is 0 Å². The van der Waals surface area contributed by atoms with Crippen molar-refractivity contribution in [3.05, 3.63) is 0 Å². The summed E-state index contributed by atoms with van der Waals surface area (Å²) < 4.78 is 23.4. The molecule has 0 aromatic rings. The first kappa shape index (κ1) is 40.4. The first-order chi connectivity index (χ1) is 16.2. The summed E-state index contributed by atoms with van der Waals surface area (Å²) in [5.74, 6) is 0. The molecule has 7 heteroatoms. The Balaban J connectivity index is -0.000000569. The molecule has 0 aliphatic rings. The summed E-state index contributed by atoms with van der Waals surface area (Å²) >= 11 is 0. The zero-order valence-electron chi connectivity index (χ0n) is 23.8. The molecule has 0 saturated heterocycles. The number of hydrogen-bond acceptors (Lipinski definition) is 4. The van der Waals surface area contributed by atoms with Crippen LogP contribution in [0.2, 0.25) is 0 Å². The molecule has 0 heterocycles. The molecule has 0 unspecified atom stereocenters. The van der Waals surface area contributed by atoms with Crippen molar-refractivity contribution in [3.8, 4) is 0 Å². The van der Waals surface area contributed by atoms with Crippen LogP contribution in [-0.2, 0) is 25.9 Å². The normalized spacial score (nSPS) is 11.6. The van der Waals surface area contributed by atoms with Gasteiger partial charge >= 0.3 is 16.8 Å². The first-order valence-corrected chi connectivity index (χ1v) is 18.8. The van der Waals surface area contributed by atoms with Crippen LogP contribution in [0.1, 0.15) is 156 Å². The van der Waals surface area contributed by atoms with Crippen molar-refractivity contribution < 1.29 is 35.7 Å². The average Bonchev–Trinajstić information content (AvgIpc) is 2.79. The maximum absolute atomic E-state index is 11.7. The van der Waals surface area contributed by atoms with Gasteiger partial charge in [-0.15, -0.1) is 0 Å². The van der Waals surface area contributed by atoms with E-state index in [0.29, 0.717) is 24.6 Å². The third-order valence-electron chi connectivity index (χ3n) is 6.41. The van der Waals surface area contributed by atoms with Crippen LogP contribution in [0, 0.1) is 0 Å². The molecule has 4 nitrogen and oxygen atoms in total. The maximum Gasteiger partial charge on any atom is 2.00 e. The van der Waals surface area contributed by atoms with E-state index in [4.69, 9.17) is 0 Å². The molecule has 0 rings (SSSR count). The molecule has 0 aliphatic carbocycles. The van der Waals surface area contributed by atoms with Gasteiger partial charge in [0.25, 0.3) is 0 Å². The van der Waals surface area contributed by atoms with E-state index in [0.717, 1.165) is 51.4 Å². The van der Waals surface area contributed by atoms with Gasteiger partial charge in [-0.2, -0.15) is 0 Å². The van der Waals surface area contributed by atoms with Crippen molar-refractivity contribution in [2.45, 2.75) is 156 Å². The molecule has 215 valence electrons. The van der Waals surface area contributed by atoms with E-state index in [1.165, 1.54) is 77.0 Å². The fourth-order valence-electron chi connectivity index (χ4n) is 4.05. The minimum absolute atomic E-state index is 0. The van der Waals surface area contributed by atoms with Crippen LogP contribution in [0.4, 0.5) is 0 Å². The van der Waals surface area contributed by atoms with Gasteiger partial charge < -0.3 is 18.9 Å².